The molecule has 15 heavy (non-hydrogen) atoms. The summed E-state index contributed by atoms with van der Waals surface area (Å²) < 4.78 is 1.10. The predicted octanol–water partition coefficient (Wildman–Crippen LogP) is 3.40. The second-order valence-corrected chi connectivity index (χ2v) is 4.33. The molecular formula is C12H11BrN2. The number of nitrogen functional groups attached to an aromatic ring is 1. The molecule has 0 bridgehead atoms. The third kappa shape index (κ3) is 2.18. The minimum Gasteiger partial charge on any atom is -0.397 e. The Morgan fingerprint density at radius 3 is 2.60 bits per heavy atom. The molecule has 2 aromatic rings. The molecule has 1 heterocycles. The molecule has 0 spiro atoms. The summed E-state index contributed by atoms with van der Waals surface area (Å²) in [6.07, 6.45) is 3.46. The van der Waals surface area contributed by atoms with Gasteiger partial charge >= 0.3 is 0 Å². The molecule has 0 radical (unpaired) electrons. The number of aryl methyl sites for hydroxylation is 1. The van der Waals surface area contributed by atoms with Crippen LogP contribution in [0.25, 0.3) is 11.1 Å². The molecule has 1 aromatic carbocycles. The quantitative estimate of drug-likeness (QED) is 0.856. The Balaban J connectivity index is 2.50. The zero-order valence-electron chi connectivity index (χ0n) is 8.37. The van der Waals surface area contributed by atoms with Crippen LogP contribution in [0.5, 0.6) is 0 Å². The smallest absolute Gasteiger partial charge is 0.0506 e. The predicted molar refractivity (Wildman–Crippen MR) is 66.5 cm³/mol. The second-order valence-electron chi connectivity index (χ2n) is 3.47. The molecule has 0 aliphatic carbocycles. The van der Waals surface area contributed by atoms with E-state index in [0.717, 1.165) is 15.6 Å². The Morgan fingerprint density at radius 1 is 1.13 bits per heavy atom. The minimum atomic E-state index is 0.684. The van der Waals surface area contributed by atoms with E-state index < -0.39 is 0 Å². The van der Waals surface area contributed by atoms with E-state index in [0.29, 0.717) is 5.69 Å². The lowest BCUT2D eigenvalue weighted by Crippen LogP contribution is -1.88. The van der Waals surface area contributed by atoms with E-state index in [1.165, 1.54) is 5.56 Å². The summed E-state index contributed by atoms with van der Waals surface area (Å²) in [6.45, 7) is 2.06. The largest absolute Gasteiger partial charge is 0.397 e. The standard InChI is InChI=1S/C12H11BrN2/c1-8-2-3-9(5-12(8)13)10-4-11(14)7-15-6-10/h2-7H,14H2,1H3. The van der Waals surface area contributed by atoms with Gasteiger partial charge in [-0.05, 0) is 30.2 Å². The number of hydrogen-bond acceptors (Lipinski definition) is 2. The third-order valence-corrected chi connectivity index (χ3v) is 3.12. The van der Waals surface area contributed by atoms with Gasteiger partial charge in [0.1, 0.15) is 0 Å². The van der Waals surface area contributed by atoms with Gasteiger partial charge in [-0.1, -0.05) is 28.1 Å². The molecule has 0 saturated heterocycles. The fourth-order valence-electron chi connectivity index (χ4n) is 1.39. The fourth-order valence-corrected chi connectivity index (χ4v) is 1.77. The molecule has 2 nitrogen and oxygen atoms in total. The monoisotopic (exact) mass is 262 g/mol. The summed E-state index contributed by atoms with van der Waals surface area (Å²) in [5.41, 5.74) is 9.75. The van der Waals surface area contributed by atoms with Gasteiger partial charge in [0, 0.05) is 22.4 Å². The number of pyridine rings is 1. The first-order valence-corrected chi connectivity index (χ1v) is 5.43. The van der Waals surface area contributed by atoms with Crippen LogP contribution in [0.2, 0.25) is 0 Å². The summed E-state index contributed by atoms with van der Waals surface area (Å²) in [5.74, 6) is 0. The van der Waals surface area contributed by atoms with Crippen molar-refractivity contribution < 1.29 is 0 Å². The number of halogens is 1. The van der Waals surface area contributed by atoms with Gasteiger partial charge in [-0.3, -0.25) is 4.98 Å². The fraction of sp³-hybridized carbons (Fsp3) is 0.0833. The van der Waals surface area contributed by atoms with E-state index in [1.54, 1.807) is 6.20 Å². The van der Waals surface area contributed by atoms with E-state index in [4.69, 9.17) is 5.73 Å². The van der Waals surface area contributed by atoms with Crippen molar-refractivity contribution in [3.05, 3.63) is 46.7 Å². The number of benzene rings is 1. The molecule has 1 aromatic heterocycles. The summed E-state index contributed by atoms with van der Waals surface area (Å²) in [7, 11) is 0. The summed E-state index contributed by atoms with van der Waals surface area (Å²) in [5, 5.41) is 0. The highest BCUT2D eigenvalue weighted by Gasteiger charge is 2.01. The Labute approximate surface area is 97.3 Å². The first-order valence-electron chi connectivity index (χ1n) is 4.64. The van der Waals surface area contributed by atoms with Crippen molar-refractivity contribution in [2.24, 2.45) is 0 Å². The molecule has 3 heteroatoms. The third-order valence-electron chi connectivity index (χ3n) is 2.26. The van der Waals surface area contributed by atoms with Gasteiger partial charge in [-0.25, -0.2) is 0 Å². The number of hydrogen-bond donors (Lipinski definition) is 1. The van der Waals surface area contributed by atoms with Gasteiger partial charge in [-0.2, -0.15) is 0 Å². The lowest BCUT2D eigenvalue weighted by molar-refractivity contribution is 1.33. The second kappa shape index (κ2) is 4.03. The van der Waals surface area contributed by atoms with Crippen molar-refractivity contribution in [1.82, 2.24) is 4.98 Å². The van der Waals surface area contributed by atoms with E-state index in [1.807, 2.05) is 12.3 Å². The molecule has 76 valence electrons. The van der Waals surface area contributed by atoms with Gasteiger partial charge in [0.25, 0.3) is 0 Å². The highest BCUT2D eigenvalue weighted by atomic mass is 79.9. The van der Waals surface area contributed by atoms with Crippen LogP contribution in [-0.4, -0.2) is 4.98 Å². The lowest BCUT2D eigenvalue weighted by Gasteiger charge is -2.04. The van der Waals surface area contributed by atoms with Crippen molar-refractivity contribution in [1.29, 1.82) is 0 Å². The van der Waals surface area contributed by atoms with Crippen molar-refractivity contribution in [2.45, 2.75) is 6.92 Å². The SMILES string of the molecule is Cc1ccc(-c2cncc(N)c2)cc1Br. The number of rotatable bonds is 1. The molecule has 2 N–H and O–H groups in total. The van der Waals surface area contributed by atoms with Crippen LogP contribution < -0.4 is 5.73 Å². The van der Waals surface area contributed by atoms with E-state index in [9.17, 15) is 0 Å². The van der Waals surface area contributed by atoms with E-state index in [2.05, 4.69) is 46.0 Å². The number of nitrogens with two attached hydrogens (primary N) is 1. The maximum atomic E-state index is 5.69. The van der Waals surface area contributed by atoms with Crippen molar-refractivity contribution in [3.63, 3.8) is 0 Å². The maximum Gasteiger partial charge on any atom is 0.0506 e. The number of anilines is 1. The lowest BCUT2D eigenvalue weighted by atomic mass is 10.1. The van der Waals surface area contributed by atoms with Crippen LogP contribution in [0.4, 0.5) is 5.69 Å². The van der Waals surface area contributed by atoms with E-state index >= 15 is 0 Å². The van der Waals surface area contributed by atoms with Gasteiger partial charge < -0.3 is 5.73 Å². The van der Waals surface area contributed by atoms with Crippen LogP contribution in [0.15, 0.2) is 41.1 Å². The summed E-state index contributed by atoms with van der Waals surface area (Å²) in [4.78, 5) is 4.07. The Kier molecular flexibility index (Phi) is 2.73. The highest BCUT2D eigenvalue weighted by molar-refractivity contribution is 9.10. The molecule has 0 fully saturated rings. The summed E-state index contributed by atoms with van der Waals surface area (Å²) in [6, 6.07) is 8.13. The zero-order valence-corrected chi connectivity index (χ0v) is 9.95. The Hall–Kier alpha value is -1.35. The van der Waals surface area contributed by atoms with Crippen LogP contribution in [0, 0.1) is 6.92 Å². The molecule has 0 unspecified atom stereocenters. The first kappa shape index (κ1) is 10.2. The zero-order chi connectivity index (χ0) is 10.8. The molecular weight excluding hydrogens is 252 g/mol. The molecule has 0 saturated carbocycles. The topological polar surface area (TPSA) is 38.9 Å². The van der Waals surface area contributed by atoms with Gasteiger partial charge in [0.05, 0.1) is 5.69 Å². The average Bonchev–Trinajstić information content (AvgIpc) is 2.22. The minimum absolute atomic E-state index is 0.684. The number of nitrogens with zero attached hydrogens (tertiary/aromatic N) is 1. The molecule has 0 aliphatic rings. The van der Waals surface area contributed by atoms with Crippen molar-refractivity contribution in [3.8, 4) is 11.1 Å². The van der Waals surface area contributed by atoms with Crippen LogP contribution in [-0.2, 0) is 0 Å². The van der Waals surface area contributed by atoms with Crippen LogP contribution in [0.3, 0.4) is 0 Å². The van der Waals surface area contributed by atoms with Gasteiger partial charge in [-0.15, -0.1) is 0 Å². The van der Waals surface area contributed by atoms with Crippen molar-refractivity contribution in [2.75, 3.05) is 5.73 Å². The maximum absolute atomic E-state index is 5.69. The Morgan fingerprint density at radius 2 is 1.93 bits per heavy atom. The molecule has 0 amide bonds. The molecule has 2 rings (SSSR count). The first-order chi connectivity index (χ1) is 7.16. The van der Waals surface area contributed by atoms with Crippen LogP contribution >= 0.6 is 15.9 Å². The molecule has 0 atom stereocenters. The van der Waals surface area contributed by atoms with Gasteiger partial charge in [0.2, 0.25) is 0 Å². The normalized spacial score (nSPS) is 10.3. The molecule has 0 aliphatic heterocycles. The average molecular weight is 263 g/mol. The number of aromatic nitrogens is 1. The van der Waals surface area contributed by atoms with Gasteiger partial charge in [0.15, 0.2) is 0 Å². The summed E-state index contributed by atoms with van der Waals surface area (Å²) >= 11 is 3.51. The highest BCUT2D eigenvalue weighted by Crippen LogP contribution is 2.25. The van der Waals surface area contributed by atoms with Crippen LogP contribution in [0.1, 0.15) is 5.56 Å². The Bertz CT molecular complexity index is 495. The van der Waals surface area contributed by atoms with E-state index in [-0.39, 0.29) is 0 Å². The van der Waals surface area contributed by atoms with Crippen molar-refractivity contribution >= 4 is 21.6 Å².